The monoisotopic (exact) mass is 111 g/mol. The summed E-state index contributed by atoms with van der Waals surface area (Å²) in [6.45, 7) is 9.61. The summed E-state index contributed by atoms with van der Waals surface area (Å²) in [5, 5.41) is 0. The molecule has 0 bridgehead atoms. The number of hydrogen-bond donors (Lipinski definition) is 0. The van der Waals surface area contributed by atoms with Gasteiger partial charge in [-0.3, -0.25) is 4.99 Å². The van der Waals surface area contributed by atoms with Crippen LogP contribution in [-0.2, 0) is 0 Å². The highest BCUT2D eigenvalue weighted by Crippen LogP contribution is 2.08. The van der Waals surface area contributed by atoms with Crippen LogP contribution in [0.3, 0.4) is 0 Å². The van der Waals surface area contributed by atoms with Crippen molar-refractivity contribution in [1.82, 2.24) is 0 Å². The molecule has 0 aliphatic carbocycles. The predicted octanol–water partition coefficient (Wildman–Crippen LogP) is 2.25. The van der Waals surface area contributed by atoms with E-state index in [1.165, 1.54) is 0 Å². The molecule has 0 aliphatic rings. The Morgan fingerprint density at radius 1 is 1.62 bits per heavy atom. The molecular formula is C7H13N. The third-order valence-electron chi connectivity index (χ3n) is 1.07. The minimum Gasteiger partial charge on any atom is -0.269 e. The lowest BCUT2D eigenvalue weighted by molar-refractivity contribution is 0.758. The Bertz CT molecular complexity index is 101. The molecule has 0 fully saturated rings. The van der Waals surface area contributed by atoms with Gasteiger partial charge in [0.05, 0.1) is 0 Å². The second-order valence-electron chi connectivity index (χ2n) is 2.03. The van der Waals surface area contributed by atoms with Crippen LogP contribution < -0.4 is 0 Å². The molecule has 0 atom stereocenters. The maximum Gasteiger partial charge on any atom is 0.0379 e. The summed E-state index contributed by atoms with van der Waals surface area (Å²) < 4.78 is 0. The molecule has 0 aromatic rings. The topological polar surface area (TPSA) is 12.4 Å². The lowest BCUT2D eigenvalue weighted by atomic mass is 10.1. The maximum atomic E-state index is 3.82. The molecule has 0 saturated carbocycles. The van der Waals surface area contributed by atoms with E-state index < -0.39 is 0 Å². The van der Waals surface area contributed by atoms with E-state index in [2.05, 4.69) is 25.6 Å². The van der Waals surface area contributed by atoms with Gasteiger partial charge in [0.25, 0.3) is 0 Å². The quantitative estimate of drug-likeness (QED) is 0.484. The first-order valence-electron chi connectivity index (χ1n) is 2.85. The Hall–Kier alpha value is -0.590. The van der Waals surface area contributed by atoms with Gasteiger partial charge in [0.2, 0.25) is 0 Å². The first-order valence-corrected chi connectivity index (χ1v) is 2.85. The van der Waals surface area contributed by atoms with Crippen molar-refractivity contribution in [2.45, 2.75) is 20.8 Å². The van der Waals surface area contributed by atoms with E-state index >= 15 is 0 Å². The van der Waals surface area contributed by atoms with E-state index in [-0.39, 0.29) is 0 Å². The van der Waals surface area contributed by atoms with Gasteiger partial charge >= 0.3 is 0 Å². The normalized spacial score (nSPS) is 12.2. The highest BCUT2D eigenvalue weighted by molar-refractivity contribution is 5.29. The van der Waals surface area contributed by atoms with Crippen LogP contribution in [0.2, 0.25) is 0 Å². The zero-order chi connectivity index (χ0) is 6.57. The Morgan fingerprint density at radius 3 is 2.12 bits per heavy atom. The number of hydrogen-bond acceptors (Lipinski definition) is 1. The van der Waals surface area contributed by atoms with Crippen LogP contribution in [0.4, 0.5) is 0 Å². The fourth-order valence-corrected chi connectivity index (χ4v) is 0.607. The summed E-state index contributed by atoms with van der Waals surface area (Å²) >= 11 is 0. The standard InChI is InChI=1S/C7H13N/c1-5-7(8-4)6(2)3/h5-6H,4H2,1-3H3/b7-5-. The molecule has 1 nitrogen and oxygen atoms in total. The van der Waals surface area contributed by atoms with Crippen LogP contribution in [0.15, 0.2) is 16.8 Å². The van der Waals surface area contributed by atoms with Crippen molar-refractivity contribution in [3.05, 3.63) is 11.8 Å². The summed E-state index contributed by atoms with van der Waals surface area (Å²) in [5.41, 5.74) is 1.07. The van der Waals surface area contributed by atoms with Gasteiger partial charge in [-0.15, -0.1) is 0 Å². The van der Waals surface area contributed by atoms with E-state index in [1.54, 1.807) is 0 Å². The molecule has 46 valence electrons. The zero-order valence-corrected chi connectivity index (χ0v) is 5.81. The number of aliphatic imine (C=N–C) groups is 1. The van der Waals surface area contributed by atoms with Gasteiger partial charge in [0, 0.05) is 5.70 Å². The highest BCUT2D eigenvalue weighted by Gasteiger charge is 1.94. The van der Waals surface area contributed by atoms with Gasteiger partial charge in [-0.1, -0.05) is 19.9 Å². The van der Waals surface area contributed by atoms with Gasteiger partial charge in [0.1, 0.15) is 0 Å². The fraction of sp³-hybridized carbons (Fsp3) is 0.571. The molecule has 0 rings (SSSR count). The van der Waals surface area contributed by atoms with E-state index in [1.807, 2.05) is 13.0 Å². The molecule has 0 unspecified atom stereocenters. The van der Waals surface area contributed by atoms with Crippen molar-refractivity contribution in [1.29, 1.82) is 0 Å². The number of nitrogens with zero attached hydrogens (tertiary/aromatic N) is 1. The summed E-state index contributed by atoms with van der Waals surface area (Å²) in [4.78, 5) is 3.82. The predicted molar refractivity (Wildman–Crippen MR) is 38.1 cm³/mol. The summed E-state index contributed by atoms with van der Waals surface area (Å²) in [6.07, 6.45) is 1.98. The maximum absolute atomic E-state index is 3.82. The third kappa shape index (κ3) is 1.92. The average Bonchev–Trinajstić information content (AvgIpc) is 1.69. The average molecular weight is 111 g/mol. The van der Waals surface area contributed by atoms with Crippen molar-refractivity contribution < 1.29 is 0 Å². The SMILES string of the molecule is C=N/C(=C\C)C(C)C. The van der Waals surface area contributed by atoms with Crippen LogP contribution >= 0.6 is 0 Å². The molecule has 0 saturated heterocycles. The Morgan fingerprint density at radius 2 is 2.12 bits per heavy atom. The minimum absolute atomic E-state index is 0.512. The Kier molecular flexibility index (Phi) is 3.16. The van der Waals surface area contributed by atoms with Gasteiger partial charge in [-0.25, -0.2) is 0 Å². The first-order chi connectivity index (χ1) is 3.72. The highest BCUT2D eigenvalue weighted by atomic mass is 14.7. The smallest absolute Gasteiger partial charge is 0.0379 e. The molecule has 0 amide bonds. The molecule has 0 aliphatic heterocycles. The molecule has 0 spiro atoms. The van der Waals surface area contributed by atoms with Crippen LogP contribution in [0.5, 0.6) is 0 Å². The molecule has 0 radical (unpaired) electrons. The first kappa shape index (κ1) is 7.41. The van der Waals surface area contributed by atoms with E-state index in [0.29, 0.717) is 5.92 Å². The van der Waals surface area contributed by atoms with Crippen molar-refractivity contribution in [2.24, 2.45) is 10.9 Å². The second kappa shape index (κ2) is 3.42. The van der Waals surface area contributed by atoms with E-state index in [9.17, 15) is 0 Å². The molecule has 8 heavy (non-hydrogen) atoms. The van der Waals surface area contributed by atoms with Crippen molar-refractivity contribution in [3.8, 4) is 0 Å². The van der Waals surface area contributed by atoms with Crippen LogP contribution in [-0.4, -0.2) is 6.72 Å². The molecular weight excluding hydrogens is 98.1 g/mol. The summed E-state index contributed by atoms with van der Waals surface area (Å²) in [5.74, 6) is 0.512. The van der Waals surface area contributed by atoms with Gasteiger partial charge in [0.15, 0.2) is 0 Å². The molecule has 0 heterocycles. The number of allylic oxidation sites excluding steroid dienone is 2. The van der Waals surface area contributed by atoms with Gasteiger partial charge in [-0.05, 0) is 19.6 Å². The third-order valence-corrected chi connectivity index (χ3v) is 1.07. The van der Waals surface area contributed by atoms with Crippen molar-refractivity contribution in [2.75, 3.05) is 0 Å². The summed E-state index contributed by atoms with van der Waals surface area (Å²) in [7, 11) is 0. The number of rotatable bonds is 2. The van der Waals surface area contributed by atoms with Crippen molar-refractivity contribution >= 4 is 6.72 Å². The van der Waals surface area contributed by atoms with Crippen molar-refractivity contribution in [3.63, 3.8) is 0 Å². The van der Waals surface area contributed by atoms with Gasteiger partial charge in [-0.2, -0.15) is 0 Å². The molecule has 0 aromatic heterocycles. The summed E-state index contributed by atoms with van der Waals surface area (Å²) in [6, 6.07) is 0. The lowest BCUT2D eigenvalue weighted by Crippen LogP contribution is -1.87. The van der Waals surface area contributed by atoms with E-state index in [0.717, 1.165) is 5.70 Å². The van der Waals surface area contributed by atoms with Crippen LogP contribution in [0, 0.1) is 5.92 Å². The largest absolute Gasteiger partial charge is 0.269 e. The van der Waals surface area contributed by atoms with Crippen LogP contribution in [0.1, 0.15) is 20.8 Å². The molecule has 1 heteroatoms. The molecule has 0 N–H and O–H groups in total. The van der Waals surface area contributed by atoms with Gasteiger partial charge < -0.3 is 0 Å². The zero-order valence-electron chi connectivity index (χ0n) is 5.81. The Labute approximate surface area is 51.1 Å². The lowest BCUT2D eigenvalue weighted by Gasteiger charge is -2.01. The fourth-order valence-electron chi connectivity index (χ4n) is 0.607. The second-order valence-corrected chi connectivity index (χ2v) is 2.03. The van der Waals surface area contributed by atoms with Crippen LogP contribution in [0.25, 0.3) is 0 Å². The van der Waals surface area contributed by atoms with E-state index in [4.69, 9.17) is 0 Å². The minimum atomic E-state index is 0.512. The Balaban J connectivity index is 3.91. The molecule has 0 aromatic carbocycles.